The van der Waals surface area contributed by atoms with E-state index in [2.05, 4.69) is 12.1 Å². The highest BCUT2D eigenvalue weighted by atomic mass is 16.5. The van der Waals surface area contributed by atoms with E-state index >= 15 is 0 Å². The second-order valence-electron chi connectivity index (χ2n) is 6.67. The molecule has 0 aromatic heterocycles. The van der Waals surface area contributed by atoms with Crippen LogP contribution >= 0.6 is 0 Å². The largest absolute Gasteiger partial charge is 0.493 e. The summed E-state index contributed by atoms with van der Waals surface area (Å²) in [5, 5.41) is 0. The molecule has 1 aliphatic heterocycles. The molecule has 3 heteroatoms. The molecular formula is C19H20O3. The number of ketones is 2. The summed E-state index contributed by atoms with van der Waals surface area (Å²) in [5.41, 5.74) is 2.12. The molecule has 0 spiro atoms. The van der Waals surface area contributed by atoms with Crippen LogP contribution in [-0.2, 0) is 20.7 Å². The molecule has 0 bridgehead atoms. The van der Waals surface area contributed by atoms with Gasteiger partial charge in [0, 0.05) is 36.7 Å². The van der Waals surface area contributed by atoms with Crippen LogP contribution < -0.4 is 0 Å². The van der Waals surface area contributed by atoms with E-state index in [0.717, 1.165) is 37.0 Å². The molecule has 114 valence electrons. The molecule has 0 N–H and O–H groups in total. The van der Waals surface area contributed by atoms with Gasteiger partial charge in [0.1, 0.15) is 17.6 Å². The Morgan fingerprint density at radius 3 is 2.73 bits per heavy atom. The molecule has 3 nitrogen and oxygen atoms in total. The zero-order chi connectivity index (χ0) is 15.1. The third-order valence-corrected chi connectivity index (χ3v) is 5.24. The lowest BCUT2D eigenvalue weighted by Crippen LogP contribution is -2.36. The van der Waals surface area contributed by atoms with Crippen LogP contribution in [0.4, 0.5) is 0 Å². The first-order valence-electron chi connectivity index (χ1n) is 8.22. The summed E-state index contributed by atoms with van der Waals surface area (Å²) in [4.78, 5) is 24.7. The molecule has 2 aliphatic carbocycles. The zero-order valence-corrected chi connectivity index (χ0v) is 12.6. The zero-order valence-electron chi connectivity index (χ0n) is 12.6. The number of carbonyl (C=O) groups is 2. The molecule has 22 heavy (non-hydrogen) atoms. The topological polar surface area (TPSA) is 43.4 Å². The predicted molar refractivity (Wildman–Crippen MR) is 82.1 cm³/mol. The Hall–Kier alpha value is -1.90. The van der Waals surface area contributed by atoms with Crippen molar-refractivity contribution in [3.63, 3.8) is 0 Å². The fourth-order valence-corrected chi connectivity index (χ4v) is 4.17. The molecule has 4 rings (SSSR count). The average Bonchev–Trinajstić information content (AvgIpc) is 2.87. The van der Waals surface area contributed by atoms with Crippen LogP contribution in [0.25, 0.3) is 0 Å². The van der Waals surface area contributed by atoms with E-state index in [1.165, 1.54) is 5.56 Å². The molecule has 0 unspecified atom stereocenters. The van der Waals surface area contributed by atoms with E-state index in [9.17, 15) is 9.59 Å². The van der Waals surface area contributed by atoms with Crippen molar-refractivity contribution in [3.8, 4) is 0 Å². The summed E-state index contributed by atoms with van der Waals surface area (Å²) in [6.07, 6.45) is 4.32. The van der Waals surface area contributed by atoms with Crippen molar-refractivity contribution in [3.05, 3.63) is 47.2 Å². The fraction of sp³-hybridized carbons (Fsp3) is 0.474. The van der Waals surface area contributed by atoms with Crippen LogP contribution in [0.5, 0.6) is 0 Å². The van der Waals surface area contributed by atoms with Crippen molar-refractivity contribution in [2.75, 3.05) is 0 Å². The summed E-state index contributed by atoms with van der Waals surface area (Å²) >= 11 is 0. The summed E-state index contributed by atoms with van der Waals surface area (Å²) in [6.45, 7) is 0. The van der Waals surface area contributed by atoms with Gasteiger partial charge in [0.2, 0.25) is 0 Å². The molecule has 1 saturated carbocycles. The third kappa shape index (κ3) is 2.29. The number of allylic oxidation sites excluding steroid dienone is 1. The second-order valence-corrected chi connectivity index (χ2v) is 6.67. The number of fused-ring (bicyclic) bond motifs is 2. The van der Waals surface area contributed by atoms with E-state index in [-0.39, 0.29) is 29.5 Å². The minimum atomic E-state index is -0.0772. The molecule has 1 aromatic rings. The lowest BCUT2D eigenvalue weighted by molar-refractivity contribution is -0.129. The van der Waals surface area contributed by atoms with Crippen LogP contribution in [0.3, 0.4) is 0 Å². The smallest absolute Gasteiger partial charge is 0.162 e. The maximum Gasteiger partial charge on any atom is 0.162 e. The van der Waals surface area contributed by atoms with Gasteiger partial charge in [-0.1, -0.05) is 30.3 Å². The standard InChI is InChI=1S/C19H20O3/c20-15-7-4-8-17-19(15)14-10-13(16(21)11-18(14)22-17)9-12-5-2-1-3-6-12/h1-3,5-6,13-14,18H,4,7-11H2/t13-,14-,18+/m1/s1. The second kappa shape index (κ2) is 5.38. The average molecular weight is 296 g/mol. The van der Waals surface area contributed by atoms with Gasteiger partial charge in [0.05, 0.1) is 0 Å². The van der Waals surface area contributed by atoms with Gasteiger partial charge in [-0.15, -0.1) is 0 Å². The fourth-order valence-electron chi connectivity index (χ4n) is 4.17. The van der Waals surface area contributed by atoms with Crippen molar-refractivity contribution in [2.45, 2.75) is 44.6 Å². The van der Waals surface area contributed by atoms with E-state index in [1.54, 1.807) is 0 Å². The van der Waals surface area contributed by atoms with Crippen molar-refractivity contribution in [2.24, 2.45) is 11.8 Å². The predicted octanol–water partition coefficient (Wildman–Crippen LogP) is 3.23. The van der Waals surface area contributed by atoms with Crippen LogP contribution in [0, 0.1) is 11.8 Å². The Kier molecular flexibility index (Phi) is 3.36. The van der Waals surface area contributed by atoms with E-state index in [4.69, 9.17) is 4.74 Å². The highest BCUT2D eigenvalue weighted by molar-refractivity contribution is 5.98. The highest BCUT2D eigenvalue weighted by Gasteiger charge is 2.47. The summed E-state index contributed by atoms with van der Waals surface area (Å²) in [7, 11) is 0. The van der Waals surface area contributed by atoms with E-state index < -0.39 is 0 Å². The Morgan fingerprint density at radius 2 is 1.91 bits per heavy atom. The van der Waals surface area contributed by atoms with Gasteiger partial charge in [-0.3, -0.25) is 9.59 Å². The quantitative estimate of drug-likeness (QED) is 0.841. The molecule has 0 radical (unpaired) electrons. The summed E-state index contributed by atoms with van der Waals surface area (Å²) in [6, 6.07) is 10.2. The number of hydrogen-bond donors (Lipinski definition) is 0. The first kappa shape index (κ1) is 13.7. The molecule has 1 heterocycles. The third-order valence-electron chi connectivity index (χ3n) is 5.24. The van der Waals surface area contributed by atoms with Gasteiger partial charge < -0.3 is 4.74 Å². The van der Waals surface area contributed by atoms with Gasteiger partial charge in [-0.05, 0) is 24.8 Å². The van der Waals surface area contributed by atoms with E-state index in [0.29, 0.717) is 12.8 Å². The van der Waals surface area contributed by atoms with Crippen molar-refractivity contribution in [1.82, 2.24) is 0 Å². The molecule has 3 atom stereocenters. The van der Waals surface area contributed by atoms with Crippen molar-refractivity contribution < 1.29 is 14.3 Å². The molecule has 1 aromatic carbocycles. The van der Waals surface area contributed by atoms with Gasteiger partial charge in [0.25, 0.3) is 0 Å². The number of Topliss-reactive ketones (excluding diaryl/α,β-unsaturated/α-hetero) is 2. The first-order valence-corrected chi connectivity index (χ1v) is 8.22. The van der Waals surface area contributed by atoms with Crippen LogP contribution in [0.1, 0.15) is 37.7 Å². The monoisotopic (exact) mass is 296 g/mol. The van der Waals surface area contributed by atoms with Crippen molar-refractivity contribution >= 4 is 11.6 Å². The van der Waals surface area contributed by atoms with Crippen molar-refractivity contribution in [1.29, 1.82) is 0 Å². The Morgan fingerprint density at radius 1 is 1.09 bits per heavy atom. The normalized spacial score (nSPS) is 30.8. The maximum absolute atomic E-state index is 12.4. The number of benzene rings is 1. The van der Waals surface area contributed by atoms with E-state index in [1.807, 2.05) is 18.2 Å². The summed E-state index contributed by atoms with van der Waals surface area (Å²) < 4.78 is 5.95. The number of rotatable bonds is 2. The lowest BCUT2D eigenvalue weighted by atomic mass is 9.72. The number of hydrogen-bond acceptors (Lipinski definition) is 3. The Labute approximate surface area is 130 Å². The lowest BCUT2D eigenvalue weighted by Gasteiger charge is -2.31. The van der Waals surface area contributed by atoms with Crippen LogP contribution in [-0.4, -0.2) is 17.7 Å². The minimum absolute atomic E-state index is 0.0221. The molecular weight excluding hydrogens is 276 g/mol. The minimum Gasteiger partial charge on any atom is -0.493 e. The Bertz CT molecular complexity index is 644. The SMILES string of the molecule is O=C1CCCC2=C1[C@@H]1C[C@@H](Cc3ccccc3)C(=O)C[C@@H]1O2. The first-order chi connectivity index (χ1) is 10.7. The maximum atomic E-state index is 12.4. The number of ether oxygens (including phenoxy) is 1. The molecule has 0 amide bonds. The molecule has 0 saturated heterocycles. The van der Waals surface area contributed by atoms with Crippen LogP contribution in [0.2, 0.25) is 0 Å². The Balaban J connectivity index is 1.56. The highest BCUT2D eigenvalue weighted by Crippen LogP contribution is 2.45. The van der Waals surface area contributed by atoms with Gasteiger partial charge in [0.15, 0.2) is 5.78 Å². The van der Waals surface area contributed by atoms with Crippen LogP contribution in [0.15, 0.2) is 41.7 Å². The van der Waals surface area contributed by atoms with Gasteiger partial charge in [-0.25, -0.2) is 0 Å². The summed E-state index contributed by atoms with van der Waals surface area (Å²) in [5.74, 6) is 1.60. The van der Waals surface area contributed by atoms with Gasteiger partial charge >= 0.3 is 0 Å². The van der Waals surface area contributed by atoms with Gasteiger partial charge in [-0.2, -0.15) is 0 Å². The molecule has 3 aliphatic rings. The number of carbonyl (C=O) groups excluding carboxylic acids is 2. The molecule has 1 fully saturated rings.